The molecule has 2 nitrogen and oxygen atoms in total. The number of nitrogen functional groups attached to an aromatic ring is 1. The van der Waals surface area contributed by atoms with Gasteiger partial charge in [-0.1, -0.05) is 6.92 Å². The molecule has 0 bridgehead atoms. The van der Waals surface area contributed by atoms with E-state index in [-0.39, 0.29) is 0 Å². The fraction of sp³-hybridized carbons (Fsp3) is 0.182. The molecule has 0 aliphatic carbocycles. The zero-order chi connectivity index (χ0) is 10.1. The molecule has 2 N–H and O–H groups in total. The number of carbonyl (C=O) groups is 1. The van der Waals surface area contributed by atoms with Crippen molar-refractivity contribution in [2.45, 2.75) is 13.3 Å². The van der Waals surface area contributed by atoms with Crippen molar-refractivity contribution < 1.29 is 4.79 Å². The van der Waals surface area contributed by atoms with Crippen molar-refractivity contribution in [3.63, 3.8) is 0 Å². The molecule has 1 aromatic carbocycles. The van der Waals surface area contributed by atoms with Gasteiger partial charge in [-0.05, 0) is 24.6 Å². The lowest BCUT2D eigenvalue weighted by molar-refractivity contribution is 0.112. The summed E-state index contributed by atoms with van der Waals surface area (Å²) in [4.78, 5) is 12.1. The van der Waals surface area contributed by atoms with E-state index >= 15 is 0 Å². The van der Waals surface area contributed by atoms with E-state index < -0.39 is 0 Å². The predicted octanol–water partition coefficient (Wildman–Crippen LogP) is 2.86. The first kappa shape index (κ1) is 9.21. The summed E-state index contributed by atoms with van der Waals surface area (Å²) in [7, 11) is 0. The van der Waals surface area contributed by atoms with Gasteiger partial charge in [0.15, 0.2) is 6.29 Å². The van der Waals surface area contributed by atoms with Crippen molar-refractivity contribution >= 4 is 33.4 Å². The lowest BCUT2D eigenvalue weighted by atomic mass is 10.1. The summed E-state index contributed by atoms with van der Waals surface area (Å²) < 4.78 is 1.01. The first-order chi connectivity index (χ1) is 6.76. The summed E-state index contributed by atoms with van der Waals surface area (Å²) in [5.74, 6) is 0. The maximum Gasteiger partial charge on any atom is 0.151 e. The van der Waals surface area contributed by atoms with Crippen LogP contribution in [-0.4, -0.2) is 6.29 Å². The van der Waals surface area contributed by atoms with Crippen LogP contribution in [0.5, 0.6) is 0 Å². The molecule has 14 heavy (non-hydrogen) atoms. The Morgan fingerprint density at radius 3 is 2.93 bits per heavy atom. The van der Waals surface area contributed by atoms with Gasteiger partial charge in [-0.2, -0.15) is 0 Å². The monoisotopic (exact) mass is 205 g/mol. The van der Waals surface area contributed by atoms with Crippen LogP contribution in [0.4, 0.5) is 5.69 Å². The largest absolute Gasteiger partial charge is 0.398 e. The number of aldehydes is 1. The molecule has 0 saturated carbocycles. The highest BCUT2D eigenvalue weighted by Gasteiger charge is 2.07. The minimum absolute atomic E-state index is 0.735. The Morgan fingerprint density at radius 2 is 2.29 bits per heavy atom. The van der Waals surface area contributed by atoms with E-state index in [1.165, 1.54) is 4.88 Å². The normalized spacial score (nSPS) is 10.6. The molecule has 0 atom stereocenters. The second kappa shape index (κ2) is 3.42. The number of benzene rings is 1. The van der Waals surface area contributed by atoms with Crippen molar-refractivity contribution in [3.05, 3.63) is 28.6 Å². The van der Waals surface area contributed by atoms with Gasteiger partial charge in [0.2, 0.25) is 0 Å². The first-order valence-corrected chi connectivity index (χ1v) is 5.34. The number of aryl methyl sites for hydroxylation is 1. The molecule has 0 unspecified atom stereocenters. The third kappa shape index (κ3) is 1.30. The van der Waals surface area contributed by atoms with Crippen molar-refractivity contribution in [1.82, 2.24) is 0 Å². The molecule has 2 rings (SSSR count). The number of thiophene rings is 1. The van der Waals surface area contributed by atoms with Gasteiger partial charge in [0.1, 0.15) is 0 Å². The van der Waals surface area contributed by atoms with Gasteiger partial charge in [-0.15, -0.1) is 11.3 Å². The number of hydrogen-bond donors (Lipinski definition) is 1. The van der Waals surface area contributed by atoms with E-state index in [4.69, 9.17) is 5.73 Å². The fourth-order valence-electron chi connectivity index (χ4n) is 1.48. The van der Waals surface area contributed by atoms with E-state index in [9.17, 15) is 4.79 Å². The van der Waals surface area contributed by atoms with Gasteiger partial charge in [-0.3, -0.25) is 4.79 Å². The standard InChI is InChI=1S/C11H11NOS/c1-2-8-5-9-10(12)4-3-7(6-13)11(9)14-8/h3-6H,2,12H2,1H3. The van der Waals surface area contributed by atoms with Crippen molar-refractivity contribution in [1.29, 1.82) is 0 Å². The quantitative estimate of drug-likeness (QED) is 0.605. The summed E-state index contributed by atoms with van der Waals surface area (Å²) in [5.41, 5.74) is 7.33. The smallest absolute Gasteiger partial charge is 0.151 e. The molecule has 0 amide bonds. The topological polar surface area (TPSA) is 43.1 Å². The second-order valence-corrected chi connectivity index (χ2v) is 4.31. The molecule has 0 aliphatic heterocycles. The minimum Gasteiger partial charge on any atom is -0.398 e. The molecule has 0 saturated heterocycles. The van der Waals surface area contributed by atoms with E-state index in [1.807, 2.05) is 0 Å². The highest BCUT2D eigenvalue weighted by molar-refractivity contribution is 7.19. The average molecular weight is 205 g/mol. The second-order valence-electron chi connectivity index (χ2n) is 3.17. The fourth-order valence-corrected chi connectivity index (χ4v) is 2.59. The summed E-state index contributed by atoms with van der Waals surface area (Å²) >= 11 is 1.65. The van der Waals surface area contributed by atoms with Gasteiger partial charge in [0.05, 0.1) is 0 Å². The number of carbonyl (C=O) groups excluding carboxylic acids is 1. The lowest BCUT2D eigenvalue weighted by Crippen LogP contribution is -1.87. The SMILES string of the molecule is CCc1cc2c(N)ccc(C=O)c2s1. The minimum atomic E-state index is 0.735. The molecule has 72 valence electrons. The van der Waals surface area contributed by atoms with Crippen LogP contribution in [0.15, 0.2) is 18.2 Å². The zero-order valence-electron chi connectivity index (χ0n) is 7.91. The van der Waals surface area contributed by atoms with Crippen molar-refractivity contribution in [2.24, 2.45) is 0 Å². The predicted molar refractivity (Wildman–Crippen MR) is 61.0 cm³/mol. The number of nitrogens with two attached hydrogens (primary N) is 1. The molecule has 0 fully saturated rings. The number of hydrogen-bond acceptors (Lipinski definition) is 3. The summed E-state index contributed by atoms with van der Waals surface area (Å²) in [6.07, 6.45) is 1.87. The van der Waals surface area contributed by atoms with Gasteiger partial charge in [0, 0.05) is 26.2 Å². The third-order valence-electron chi connectivity index (χ3n) is 2.27. The Balaban J connectivity index is 2.81. The molecular formula is C11H11NOS. The summed E-state index contributed by atoms with van der Waals surface area (Å²) in [6, 6.07) is 5.64. The Kier molecular flexibility index (Phi) is 2.25. The van der Waals surface area contributed by atoms with Gasteiger partial charge in [0.25, 0.3) is 0 Å². The maximum absolute atomic E-state index is 10.8. The molecule has 1 aromatic heterocycles. The number of anilines is 1. The third-order valence-corrected chi connectivity index (χ3v) is 3.60. The van der Waals surface area contributed by atoms with Crippen molar-refractivity contribution in [3.8, 4) is 0 Å². The maximum atomic E-state index is 10.8. The number of rotatable bonds is 2. The van der Waals surface area contributed by atoms with E-state index in [0.717, 1.165) is 34.0 Å². The van der Waals surface area contributed by atoms with Crippen LogP contribution in [0.1, 0.15) is 22.2 Å². The van der Waals surface area contributed by atoms with Crippen LogP contribution >= 0.6 is 11.3 Å². The molecular weight excluding hydrogens is 194 g/mol. The molecule has 3 heteroatoms. The lowest BCUT2D eigenvalue weighted by Gasteiger charge is -1.97. The van der Waals surface area contributed by atoms with Crippen LogP contribution in [0.25, 0.3) is 10.1 Å². The zero-order valence-corrected chi connectivity index (χ0v) is 8.73. The Bertz CT molecular complexity index is 487. The highest BCUT2D eigenvalue weighted by Crippen LogP contribution is 2.32. The van der Waals surface area contributed by atoms with Crippen LogP contribution in [0.2, 0.25) is 0 Å². The van der Waals surface area contributed by atoms with Gasteiger partial charge in [-0.25, -0.2) is 0 Å². The van der Waals surface area contributed by atoms with E-state index in [0.29, 0.717) is 0 Å². The highest BCUT2D eigenvalue weighted by atomic mass is 32.1. The van der Waals surface area contributed by atoms with Crippen molar-refractivity contribution in [2.75, 3.05) is 5.73 Å². The first-order valence-electron chi connectivity index (χ1n) is 4.52. The molecule has 0 spiro atoms. The molecule has 0 radical (unpaired) electrons. The summed E-state index contributed by atoms with van der Waals surface area (Å²) in [5, 5.41) is 1.01. The van der Waals surface area contributed by atoms with Gasteiger partial charge >= 0.3 is 0 Å². The Labute approximate surface area is 86.3 Å². The molecule has 0 aliphatic rings. The summed E-state index contributed by atoms with van der Waals surface area (Å²) in [6.45, 7) is 2.10. The average Bonchev–Trinajstić information content (AvgIpc) is 2.63. The van der Waals surface area contributed by atoms with Crippen LogP contribution in [0, 0.1) is 0 Å². The van der Waals surface area contributed by atoms with Crippen LogP contribution in [-0.2, 0) is 6.42 Å². The van der Waals surface area contributed by atoms with E-state index in [1.54, 1.807) is 23.5 Å². The molecule has 1 heterocycles. The molecule has 2 aromatic rings. The Morgan fingerprint density at radius 1 is 1.50 bits per heavy atom. The number of fused-ring (bicyclic) bond motifs is 1. The Hall–Kier alpha value is -1.35. The van der Waals surface area contributed by atoms with Crippen LogP contribution < -0.4 is 5.73 Å². The van der Waals surface area contributed by atoms with E-state index in [2.05, 4.69) is 13.0 Å². The van der Waals surface area contributed by atoms with Crippen LogP contribution in [0.3, 0.4) is 0 Å². The van der Waals surface area contributed by atoms with Gasteiger partial charge < -0.3 is 5.73 Å².